The summed E-state index contributed by atoms with van der Waals surface area (Å²) in [5.74, 6) is 0.739. The zero-order valence-corrected chi connectivity index (χ0v) is 23.9. The lowest BCUT2D eigenvalue weighted by Gasteiger charge is -2.36. The van der Waals surface area contributed by atoms with Crippen LogP contribution in [0.4, 0.5) is 13.2 Å². The van der Waals surface area contributed by atoms with Crippen LogP contribution in [0.5, 0.6) is 0 Å². The number of likely N-dealkylation sites (tertiary alicyclic amines) is 2. The fourth-order valence-electron chi connectivity index (χ4n) is 6.17. The molecule has 1 unspecified atom stereocenters. The van der Waals surface area contributed by atoms with E-state index in [1.807, 2.05) is 13.1 Å². The molecule has 0 radical (unpaired) electrons. The number of halogens is 3. The standard InChI is InChI=1S/C30H36F3N7O2/c1-36-10-4-7-25(18-36)42-24-8-11-38(12-9-24)16-22-14-26(30(31,32)33)27-19-39(29(41)40(27)17-22)23-6-3-5-21(13-23)15-28-35-34-20-37(28)2/h3,5-6,13-14,17,19-20,24-25H,4,7-12,15-16,18H2,1-2H3. The van der Waals surface area contributed by atoms with E-state index in [9.17, 15) is 18.0 Å². The zero-order chi connectivity index (χ0) is 29.4. The predicted molar refractivity (Wildman–Crippen MR) is 152 cm³/mol. The fourth-order valence-corrected chi connectivity index (χ4v) is 6.17. The van der Waals surface area contributed by atoms with Crippen molar-refractivity contribution in [1.82, 2.24) is 33.5 Å². The third-order valence-electron chi connectivity index (χ3n) is 8.39. The van der Waals surface area contributed by atoms with Crippen LogP contribution in [-0.2, 0) is 30.9 Å². The second-order valence-corrected chi connectivity index (χ2v) is 11.6. The minimum atomic E-state index is -4.61. The molecule has 224 valence electrons. The van der Waals surface area contributed by atoms with Gasteiger partial charge in [-0.2, -0.15) is 13.2 Å². The molecule has 1 aromatic carbocycles. The van der Waals surface area contributed by atoms with Crippen molar-refractivity contribution in [1.29, 1.82) is 0 Å². The monoisotopic (exact) mass is 583 g/mol. The van der Waals surface area contributed by atoms with Gasteiger partial charge < -0.3 is 14.2 Å². The van der Waals surface area contributed by atoms with E-state index in [-0.39, 0.29) is 17.7 Å². The quantitative estimate of drug-likeness (QED) is 0.329. The van der Waals surface area contributed by atoms with Crippen molar-refractivity contribution in [3.05, 3.63) is 82.1 Å². The maximum absolute atomic E-state index is 14.3. The highest BCUT2D eigenvalue weighted by Gasteiger charge is 2.35. The van der Waals surface area contributed by atoms with Gasteiger partial charge in [-0.25, -0.2) is 4.79 Å². The second kappa shape index (κ2) is 11.7. The van der Waals surface area contributed by atoms with Crippen molar-refractivity contribution in [2.24, 2.45) is 7.05 Å². The Balaban J connectivity index is 1.22. The van der Waals surface area contributed by atoms with E-state index in [0.717, 1.165) is 67.7 Å². The number of aromatic nitrogens is 5. The molecule has 12 heteroatoms. The van der Waals surface area contributed by atoms with E-state index in [1.54, 1.807) is 35.3 Å². The number of ether oxygens (including phenoxy) is 1. The molecular weight excluding hydrogens is 547 g/mol. The van der Waals surface area contributed by atoms with E-state index in [0.29, 0.717) is 24.2 Å². The van der Waals surface area contributed by atoms with Gasteiger partial charge in [0.1, 0.15) is 12.2 Å². The number of fused-ring (bicyclic) bond motifs is 1. The van der Waals surface area contributed by atoms with E-state index in [2.05, 4.69) is 27.0 Å². The summed E-state index contributed by atoms with van der Waals surface area (Å²) in [5.41, 5.74) is 0.289. The molecule has 0 bridgehead atoms. The summed E-state index contributed by atoms with van der Waals surface area (Å²) in [6.07, 6.45) is 4.62. The Kier molecular flexibility index (Phi) is 7.95. The molecule has 0 amide bonds. The summed E-state index contributed by atoms with van der Waals surface area (Å²) in [6.45, 7) is 3.86. The Morgan fingerprint density at radius 3 is 2.52 bits per heavy atom. The van der Waals surface area contributed by atoms with Gasteiger partial charge in [0, 0.05) is 52.0 Å². The Morgan fingerprint density at radius 1 is 1.00 bits per heavy atom. The maximum Gasteiger partial charge on any atom is 0.418 e. The molecule has 42 heavy (non-hydrogen) atoms. The Morgan fingerprint density at radius 2 is 1.81 bits per heavy atom. The van der Waals surface area contributed by atoms with Crippen LogP contribution in [0, 0.1) is 0 Å². The van der Waals surface area contributed by atoms with Gasteiger partial charge >= 0.3 is 11.9 Å². The molecule has 0 saturated carbocycles. The first-order chi connectivity index (χ1) is 20.1. The Hall–Kier alpha value is -3.48. The minimum Gasteiger partial charge on any atom is -0.374 e. The van der Waals surface area contributed by atoms with E-state index < -0.39 is 17.4 Å². The molecule has 1 atom stereocenters. The van der Waals surface area contributed by atoms with Gasteiger partial charge in [0.05, 0.1) is 29.0 Å². The van der Waals surface area contributed by atoms with Crippen molar-refractivity contribution in [3.63, 3.8) is 0 Å². The third-order valence-corrected chi connectivity index (χ3v) is 8.39. The second-order valence-electron chi connectivity index (χ2n) is 11.6. The normalized spacial score (nSPS) is 19.6. The molecule has 2 saturated heterocycles. The zero-order valence-electron chi connectivity index (χ0n) is 23.9. The number of hydrogen-bond donors (Lipinski definition) is 0. The number of rotatable bonds is 7. The lowest BCUT2D eigenvalue weighted by molar-refractivity contribution is -0.136. The SMILES string of the molecule is CN1CCCC(OC2CCN(Cc3cc(C(F)(F)F)c4cn(-c5cccc(Cc6nncn6C)c5)c(=O)n4c3)CC2)C1. The summed E-state index contributed by atoms with van der Waals surface area (Å²) in [6, 6.07) is 8.37. The van der Waals surface area contributed by atoms with Crippen LogP contribution in [0.15, 0.2) is 53.8 Å². The van der Waals surface area contributed by atoms with Crippen molar-refractivity contribution in [3.8, 4) is 5.69 Å². The number of alkyl halides is 3. The molecular formula is C30H36F3N7O2. The van der Waals surface area contributed by atoms with Crippen LogP contribution in [-0.4, -0.2) is 79.0 Å². The number of aryl methyl sites for hydroxylation is 1. The highest BCUT2D eigenvalue weighted by atomic mass is 19.4. The number of piperidine rings is 2. The molecule has 5 heterocycles. The number of hydrogen-bond acceptors (Lipinski definition) is 6. The van der Waals surface area contributed by atoms with Crippen molar-refractivity contribution in [2.75, 3.05) is 33.2 Å². The molecule has 6 rings (SSSR count). The van der Waals surface area contributed by atoms with E-state index in [1.165, 1.54) is 16.8 Å². The molecule has 0 N–H and O–H groups in total. The van der Waals surface area contributed by atoms with Crippen LogP contribution >= 0.6 is 0 Å². The van der Waals surface area contributed by atoms with Crippen LogP contribution in [0.25, 0.3) is 11.2 Å². The van der Waals surface area contributed by atoms with Gasteiger partial charge in [0.2, 0.25) is 0 Å². The lowest BCUT2D eigenvalue weighted by Crippen LogP contribution is -2.42. The van der Waals surface area contributed by atoms with E-state index in [4.69, 9.17) is 4.74 Å². The maximum atomic E-state index is 14.3. The number of imidazole rings is 1. The van der Waals surface area contributed by atoms with Gasteiger partial charge in [-0.15, -0.1) is 10.2 Å². The van der Waals surface area contributed by atoms with Gasteiger partial charge in [-0.05, 0) is 68.6 Å². The molecule has 2 aliphatic rings. The summed E-state index contributed by atoms with van der Waals surface area (Å²) in [5, 5.41) is 7.99. The number of nitrogens with zero attached hydrogens (tertiary/aromatic N) is 7. The van der Waals surface area contributed by atoms with Crippen LogP contribution in [0.3, 0.4) is 0 Å². The van der Waals surface area contributed by atoms with Gasteiger partial charge in [-0.3, -0.25) is 13.9 Å². The van der Waals surface area contributed by atoms with E-state index >= 15 is 0 Å². The Labute approximate surface area is 242 Å². The van der Waals surface area contributed by atoms with Crippen LogP contribution in [0.1, 0.15) is 48.2 Å². The predicted octanol–water partition coefficient (Wildman–Crippen LogP) is 3.90. The van der Waals surface area contributed by atoms with Gasteiger partial charge in [-0.1, -0.05) is 12.1 Å². The smallest absolute Gasteiger partial charge is 0.374 e. The first-order valence-corrected chi connectivity index (χ1v) is 14.5. The van der Waals surface area contributed by atoms with Gasteiger partial charge in [0.25, 0.3) is 0 Å². The molecule has 4 aromatic rings. The average Bonchev–Trinajstić information content (AvgIpc) is 3.51. The number of pyridine rings is 1. The fraction of sp³-hybridized carbons (Fsp3) is 0.500. The summed E-state index contributed by atoms with van der Waals surface area (Å²) < 4.78 is 53.3. The highest BCUT2D eigenvalue weighted by molar-refractivity contribution is 5.58. The van der Waals surface area contributed by atoms with Crippen LogP contribution in [0.2, 0.25) is 0 Å². The molecule has 9 nitrogen and oxygen atoms in total. The summed E-state index contributed by atoms with van der Waals surface area (Å²) in [4.78, 5) is 17.9. The molecule has 3 aromatic heterocycles. The highest BCUT2D eigenvalue weighted by Crippen LogP contribution is 2.34. The minimum absolute atomic E-state index is 0.167. The first-order valence-electron chi connectivity index (χ1n) is 14.5. The molecule has 0 spiro atoms. The lowest BCUT2D eigenvalue weighted by atomic mass is 10.0. The van der Waals surface area contributed by atoms with Crippen molar-refractivity contribution in [2.45, 2.75) is 57.0 Å². The van der Waals surface area contributed by atoms with Gasteiger partial charge in [0.15, 0.2) is 0 Å². The average molecular weight is 584 g/mol. The summed E-state index contributed by atoms with van der Waals surface area (Å²) >= 11 is 0. The summed E-state index contributed by atoms with van der Waals surface area (Å²) in [7, 11) is 3.95. The first kappa shape index (κ1) is 28.6. The topological polar surface area (TPSA) is 72.8 Å². The molecule has 2 aliphatic heterocycles. The number of likely N-dealkylation sites (N-methyl/N-ethyl adjacent to an activating group) is 1. The van der Waals surface area contributed by atoms with Crippen molar-refractivity contribution < 1.29 is 17.9 Å². The molecule has 0 aliphatic carbocycles. The molecule has 2 fully saturated rings. The number of benzene rings is 1. The Bertz CT molecular complexity index is 1600. The van der Waals surface area contributed by atoms with Crippen molar-refractivity contribution >= 4 is 5.52 Å². The third kappa shape index (κ3) is 6.16. The van der Waals surface area contributed by atoms with Crippen LogP contribution < -0.4 is 5.69 Å². The largest absolute Gasteiger partial charge is 0.418 e.